The van der Waals surface area contributed by atoms with Gasteiger partial charge in [0.25, 0.3) is 0 Å². The summed E-state index contributed by atoms with van der Waals surface area (Å²) < 4.78 is 0. The maximum Gasteiger partial charge on any atom is 0.307 e. The molecule has 1 aliphatic rings. The second-order valence-corrected chi connectivity index (χ2v) is 9.99. The number of aryl methyl sites for hydroxylation is 2. The molecule has 3 heterocycles. The molecule has 34 heavy (non-hydrogen) atoms. The monoisotopic (exact) mass is 507 g/mol. The minimum atomic E-state index is -1.96. The first kappa shape index (κ1) is 27.7. The zero-order valence-electron chi connectivity index (χ0n) is 19.2. The van der Waals surface area contributed by atoms with Crippen molar-refractivity contribution >= 4 is 46.2 Å². The van der Waals surface area contributed by atoms with Crippen LogP contribution in [0.4, 0.5) is 0 Å². The zero-order valence-corrected chi connectivity index (χ0v) is 20.8. The van der Waals surface area contributed by atoms with E-state index in [1.54, 1.807) is 22.7 Å². The van der Waals surface area contributed by atoms with Gasteiger partial charge in [0.05, 0.1) is 18.0 Å². The molecule has 2 N–H and O–H groups in total. The number of hydrogen-bond acceptors (Lipinski definition) is 9. The van der Waals surface area contributed by atoms with Crippen LogP contribution < -0.4 is 10.2 Å². The first-order valence-electron chi connectivity index (χ1n) is 10.9. The molecular formula is C24H29NO7S2-2. The molecule has 2 aromatic rings. The van der Waals surface area contributed by atoms with Crippen molar-refractivity contribution in [3.63, 3.8) is 0 Å². The van der Waals surface area contributed by atoms with E-state index in [4.69, 9.17) is 5.11 Å². The maximum absolute atomic E-state index is 11.2. The number of aliphatic carboxylic acids is 3. The minimum Gasteiger partial charge on any atom is -0.550 e. The standard InChI is InChI=1S/C20H25NO2S2.C4H6O5/c1-14-7-11-24-18(14)17(19-15(2)8-12-25-19)6-4-10-21-9-3-5-16(13-21)20(22)23;5-2(4(8)9)1-3(6)7/h6-8,11-12,16H,3-5,9-10,13H2,1-2H3,(H,22,23);2,5H,1H2,(H,6,7)(H,8,9)/p-2/t16-;2-/m11/s1. The summed E-state index contributed by atoms with van der Waals surface area (Å²) in [6.45, 7) is 6.98. The molecule has 186 valence electrons. The van der Waals surface area contributed by atoms with Gasteiger partial charge in [0.15, 0.2) is 0 Å². The molecule has 10 heteroatoms. The van der Waals surface area contributed by atoms with Crippen molar-refractivity contribution in [2.45, 2.75) is 45.6 Å². The van der Waals surface area contributed by atoms with E-state index in [1.807, 2.05) is 0 Å². The maximum atomic E-state index is 11.2. The number of aliphatic hydroxyl groups excluding tert-OH is 1. The third-order valence-electron chi connectivity index (χ3n) is 5.49. The van der Waals surface area contributed by atoms with E-state index in [0.717, 1.165) is 32.4 Å². The number of carbonyl (C=O) groups is 3. The van der Waals surface area contributed by atoms with Gasteiger partial charge < -0.3 is 34.9 Å². The van der Waals surface area contributed by atoms with Crippen LogP contribution in [-0.4, -0.2) is 58.8 Å². The second kappa shape index (κ2) is 13.4. The van der Waals surface area contributed by atoms with E-state index in [2.05, 4.69) is 47.7 Å². The topological polar surface area (TPSA) is 141 Å². The van der Waals surface area contributed by atoms with E-state index >= 15 is 0 Å². The number of carboxylic acid groups (broad SMARTS) is 3. The summed E-state index contributed by atoms with van der Waals surface area (Å²) in [5, 5.41) is 40.9. The first-order valence-corrected chi connectivity index (χ1v) is 12.7. The van der Waals surface area contributed by atoms with E-state index in [1.165, 1.54) is 26.5 Å². The smallest absolute Gasteiger partial charge is 0.307 e. The molecule has 1 saturated heterocycles. The lowest BCUT2D eigenvalue weighted by atomic mass is 9.98. The number of carboxylic acids is 3. The lowest BCUT2D eigenvalue weighted by Gasteiger charge is -2.30. The third-order valence-corrected chi connectivity index (χ3v) is 7.59. The Kier molecular flexibility index (Phi) is 10.9. The number of carbonyl (C=O) groups excluding carboxylic acids is 2. The molecule has 0 aliphatic carbocycles. The molecular weight excluding hydrogens is 478 g/mol. The third kappa shape index (κ3) is 8.35. The summed E-state index contributed by atoms with van der Waals surface area (Å²) in [6, 6.07) is 4.36. The van der Waals surface area contributed by atoms with Crippen molar-refractivity contribution in [3.8, 4) is 0 Å². The van der Waals surface area contributed by atoms with Crippen molar-refractivity contribution in [1.29, 1.82) is 0 Å². The Morgan fingerprint density at radius 3 is 2.15 bits per heavy atom. The van der Waals surface area contributed by atoms with Crippen LogP contribution in [0.15, 0.2) is 29.0 Å². The minimum absolute atomic E-state index is 0.198. The Balaban J connectivity index is 0.000000387. The number of piperidine rings is 1. The Morgan fingerprint density at radius 1 is 1.15 bits per heavy atom. The molecule has 8 nitrogen and oxygen atoms in total. The molecule has 0 saturated carbocycles. The molecule has 0 amide bonds. The number of nitrogens with zero attached hydrogens (tertiary/aromatic N) is 1. The van der Waals surface area contributed by atoms with Crippen molar-refractivity contribution < 1.29 is 34.8 Å². The van der Waals surface area contributed by atoms with Crippen LogP contribution >= 0.6 is 22.7 Å². The number of thiophene rings is 2. The molecule has 1 aliphatic heterocycles. The van der Waals surface area contributed by atoms with Crippen LogP contribution in [0.25, 0.3) is 5.57 Å². The van der Waals surface area contributed by atoms with Crippen LogP contribution in [0.2, 0.25) is 0 Å². The van der Waals surface area contributed by atoms with Crippen LogP contribution in [0, 0.1) is 19.8 Å². The molecule has 0 aromatic carbocycles. The van der Waals surface area contributed by atoms with Gasteiger partial charge in [-0.3, -0.25) is 4.79 Å². The van der Waals surface area contributed by atoms with Crippen molar-refractivity contribution in [3.05, 3.63) is 49.9 Å². The van der Waals surface area contributed by atoms with Crippen molar-refractivity contribution in [1.82, 2.24) is 4.90 Å². The van der Waals surface area contributed by atoms with Gasteiger partial charge >= 0.3 is 5.97 Å². The number of hydrogen-bond donors (Lipinski definition) is 2. The van der Waals surface area contributed by atoms with Gasteiger partial charge in [-0.15, -0.1) is 22.7 Å². The van der Waals surface area contributed by atoms with E-state index < -0.39 is 30.4 Å². The Hall–Kier alpha value is -2.53. The fourth-order valence-electron chi connectivity index (χ4n) is 3.68. The first-order chi connectivity index (χ1) is 16.1. The summed E-state index contributed by atoms with van der Waals surface area (Å²) in [5.74, 6) is -4.27. The Bertz CT molecular complexity index is 968. The molecule has 2 aromatic heterocycles. The van der Waals surface area contributed by atoms with Gasteiger partial charge in [-0.25, -0.2) is 0 Å². The highest BCUT2D eigenvalue weighted by molar-refractivity contribution is 7.14. The Labute approximate surface area is 206 Å². The summed E-state index contributed by atoms with van der Waals surface area (Å²) in [7, 11) is 0. The fourth-order valence-corrected chi connectivity index (χ4v) is 5.69. The van der Waals surface area contributed by atoms with Gasteiger partial charge in [-0.1, -0.05) is 6.08 Å². The largest absolute Gasteiger partial charge is 0.550 e. The molecule has 1 fully saturated rings. The average Bonchev–Trinajstić information content (AvgIpc) is 3.39. The summed E-state index contributed by atoms with van der Waals surface area (Å²) in [4.78, 5) is 35.4. The molecule has 0 spiro atoms. The lowest BCUT2D eigenvalue weighted by Crippen LogP contribution is -2.39. The fraction of sp³-hybridized carbons (Fsp3) is 0.458. The van der Waals surface area contributed by atoms with Crippen LogP contribution in [0.5, 0.6) is 0 Å². The normalized spacial score (nSPS) is 16.7. The van der Waals surface area contributed by atoms with Gasteiger partial charge in [0.1, 0.15) is 0 Å². The summed E-state index contributed by atoms with van der Waals surface area (Å²) in [5.41, 5.74) is 3.99. The summed E-state index contributed by atoms with van der Waals surface area (Å²) >= 11 is 3.60. The zero-order chi connectivity index (χ0) is 25.3. The van der Waals surface area contributed by atoms with E-state index in [0.29, 0.717) is 6.54 Å². The van der Waals surface area contributed by atoms with E-state index in [9.17, 15) is 29.7 Å². The predicted octanol–water partition coefficient (Wildman–Crippen LogP) is 1.28. The second-order valence-electron chi connectivity index (χ2n) is 8.16. The van der Waals surface area contributed by atoms with Gasteiger partial charge in [-0.05, 0) is 73.7 Å². The highest BCUT2D eigenvalue weighted by Crippen LogP contribution is 2.35. The summed E-state index contributed by atoms with van der Waals surface area (Å²) in [6.07, 6.45) is 2.22. The molecule has 0 unspecified atom stereocenters. The van der Waals surface area contributed by atoms with Gasteiger partial charge in [0, 0.05) is 40.8 Å². The molecule has 3 rings (SSSR count). The number of likely N-dealkylation sites (tertiary alicyclic amines) is 1. The van der Waals surface area contributed by atoms with Crippen molar-refractivity contribution in [2.75, 3.05) is 19.6 Å². The van der Waals surface area contributed by atoms with Crippen LogP contribution in [-0.2, 0) is 14.4 Å². The number of rotatable bonds is 9. The van der Waals surface area contributed by atoms with E-state index in [-0.39, 0.29) is 5.92 Å². The highest BCUT2D eigenvalue weighted by Gasteiger charge is 2.24. The molecule has 0 bridgehead atoms. The number of aliphatic hydroxyl groups is 1. The lowest BCUT2D eigenvalue weighted by molar-refractivity contribution is -0.323. The van der Waals surface area contributed by atoms with Crippen molar-refractivity contribution in [2.24, 2.45) is 5.92 Å². The molecule has 0 radical (unpaired) electrons. The quantitative estimate of drug-likeness (QED) is 0.517. The SMILES string of the molecule is Cc1ccsc1C(=CCCN1CCC[C@@H](C(=O)O)C1)c1sccc1C.O=C([O-])C[C@@H](O)C(=O)[O-]. The van der Waals surface area contributed by atoms with Gasteiger partial charge in [0.2, 0.25) is 0 Å². The average molecular weight is 508 g/mol. The Morgan fingerprint density at radius 2 is 1.74 bits per heavy atom. The predicted molar refractivity (Wildman–Crippen MR) is 127 cm³/mol. The van der Waals surface area contributed by atoms with Crippen LogP contribution in [0.1, 0.15) is 46.6 Å². The van der Waals surface area contributed by atoms with Gasteiger partial charge in [-0.2, -0.15) is 0 Å². The highest BCUT2D eigenvalue weighted by atomic mass is 32.1. The molecule has 2 atom stereocenters. The van der Waals surface area contributed by atoms with Crippen LogP contribution in [0.3, 0.4) is 0 Å².